The van der Waals surface area contributed by atoms with Crippen molar-refractivity contribution in [3.63, 3.8) is 0 Å². The molecule has 3 amide bonds. The molecule has 0 radical (unpaired) electrons. The van der Waals surface area contributed by atoms with E-state index >= 15 is 0 Å². The molecule has 7 heteroatoms. The highest BCUT2D eigenvalue weighted by molar-refractivity contribution is 6.12. The van der Waals surface area contributed by atoms with E-state index in [1.54, 1.807) is 17.0 Å². The first-order valence-corrected chi connectivity index (χ1v) is 11.4. The van der Waals surface area contributed by atoms with Crippen LogP contribution in [0.4, 0.5) is 5.69 Å². The van der Waals surface area contributed by atoms with Crippen LogP contribution in [0.15, 0.2) is 24.3 Å². The topological polar surface area (TPSA) is 73.0 Å². The number of nitrogens with one attached hydrogen (secondary N) is 1. The lowest BCUT2D eigenvalue weighted by Gasteiger charge is -2.34. The summed E-state index contributed by atoms with van der Waals surface area (Å²) in [6.07, 6.45) is 7.51. The Bertz CT molecular complexity index is 788. The van der Waals surface area contributed by atoms with E-state index in [4.69, 9.17) is 0 Å². The maximum Gasteiger partial charge on any atom is 0.256 e. The van der Waals surface area contributed by atoms with Gasteiger partial charge in [-0.3, -0.25) is 14.4 Å². The standard InChI is InChI=1S/C23H32N4O3/c28-21(24-12-16-25-13-6-1-2-7-14-25)17-27-19-10-4-3-9-18(19)22(29)26-15-8-5-11-20(26)23(27)30/h3-4,9-10,20H,1-2,5-8,11-17H2,(H,24,28). The Kier molecular flexibility index (Phi) is 6.67. The number of para-hydroxylation sites is 1. The third kappa shape index (κ3) is 4.51. The largest absolute Gasteiger partial charge is 0.353 e. The second kappa shape index (κ2) is 9.60. The Labute approximate surface area is 178 Å². The summed E-state index contributed by atoms with van der Waals surface area (Å²) in [6.45, 7) is 4.15. The highest BCUT2D eigenvalue weighted by atomic mass is 16.2. The molecule has 162 valence electrons. The summed E-state index contributed by atoms with van der Waals surface area (Å²) < 4.78 is 0. The summed E-state index contributed by atoms with van der Waals surface area (Å²) in [5.74, 6) is -0.423. The Morgan fingerprint density at radius 3 is 2.50 bits per heavy atom. The molecule has 1 aromatic rings. The molecular formula is C23H32N4O3. The minimum absolute atomic E-state index is 0.0481. The predicted molar refractivity (Wildman–Crippen MR) is 115 cm³/mol. The molecule has 0 saturated carbocycles. The summed E-state index contributed by atoms with van der Waals surface area (Å²) >= 11 is 0. The number of nitrogens with zero attached hydrogens (tertiary/aromatic N) is 3. The van der Waals surface area contributed by atoms with Crippen LogP contribution in [0.1, 0.15) is 55.3 Å². The maximum absolute atomic E-state index is 13.3. The number of benzene rings is 1. The fourth-order valence-electron chi connectivity index (χ4n) is 4.85. The van der Waals surface area contributed by atoms with Crippen molar-refractivity contribution in [2.45, 2.75) is 51.0 Å². The third-order valence-corrected chi connectivity index (χ3v) is 6.49. The molecule has 30 heavy (non-hydrogen) atoms. The number of fused-ring (bicyclic) bond motifs is 2. The van der Waals surface area contributed by atoms with Crippen LogP contribution in [0.3, 0.4) is 0 Å². The normalized spacial score (nSPS) is 22.7. The van der Waals surface area contributed by atoms with E-state index in [9.17, 15) is 14.4 Å². The molecule has 7 nitrogen and oxygen atoms in total. The zero-order valence-electron chi connectivity index (χ0n) is 17.6. The number of likely N-dealkylation sites (tertiary alicyclic amines) is 1. The molecule has 0 aromatic heterocycles. The molecule has 1 atom stereocenters. The van der Waals surface area contributed by atoms with Gasteiger partial charge in [-0.25, -0.2) is 0 Å². The van der Waals surface area contributed by atoms with Crippen molar-refractivity contribution in [3.8, 4) is 0 Å². The number of amides is 3. The van der Waals surface area contributed by atoms with Crippen LogP contribution < -0.4 is 10.2 Å². The van der Waals surface area contributed by atoms with E-state index < -0.39 is 6.04 Å². The Hall–Kier alpha value is -2.41. The van der Waals surface area contributed by atoms with Crippen LogP contribution >= 0.6 is 0 Å². The molecule has 2 saturated heterocycles. The van der Waals surface area contributed by atoms with Crippen LogP contribution in [-0.4, -0.2) is 72.8 Å². The minimum Gasteiger partial charge on any atom is -0.353 e. The molecule has 3 aliphatic heterocycles. The van der Waals surface area contributed by atoms with E-state index in [2.05, 4.69) is 10.2 Å². The van der Waals surface area contributed by atoms with E-state index in [0.29, 0.717) is 30.8 Å². The predicted octanol–water partition coefficient (Wildman–Crippen LogP) is 2.02. The number of hydrogen-bond acceptors (Lipinski definition) is 4. The second-order valence-electron chi connectivity index (χ2n) is 8.56. The zero-order valence-corrected chi connectivity index (χ0v) is 17.6. The molecule has 3 aliphatic rings. The number of piperidine rings is 1. The average molecular weight is 413 g/mol. The molecular weight excluding hydrogens is 380 g/mol. The monoisotopic (exact) mass is 412 g/mol. The van der Waals surface area contributed by atoms with Crippen molar-refractivity contribution in [3.05, 3.63) is 29.8 Å². The lowest BCUT2D eigenvalue weighted by molar-refractivity contribution is -0.126. The van der Waals surface area contributed by atoms with E-state index in [0.717, 1.165) is 32.5 Å². The fourth-order valence-corrected chi connectivity index (χ4v) is 4.85. The SMILES string of the molecule is O=C(CN1C(=O)C2CCCCN2C(=O)c2ccccc21)NCCN1CCCCCC1. The van der Waals surface area contributed by atoms with Crippen molar-refractivity contribution in [1.82, 2.24) is 15.1 Å². The first kappa shape index (κ1) is 20.8. The van der Waals surface area contributed by atoms with Gasteiger partial charge in [0.25, 0.3) is 5.91 Å². The van der Waals surface area contributed by atoms with Gasteiger partial charge in [-0.15, -0.1) is 0 Å². The van der Waals surface area contributed by atoms with Gasteiger partial charge in [0.05, 0.1) is 11.3 Å². The van der Waals surface area contributed by atoms with E-state index in [1.807, 2.05) is 12.1 Å². The highest BCUT2D eigenvalue weighted by Crippen LogP contribution is 2.31. The van der Waals surface area contributed by atoms with Gasteiger partial charge in [-0.1, -0.05) is 25.0 Å². The Morgan fingerprint density at radius 1 is 0.967 bits per heavy atom. The summed E-state index contributed by atoms with van der Waals surface area (Å²) in [4.78, 5) is 44.7. The van der Waals surface area contributed by atoms with Gasteiger partial charge in [-0.05, 0) is 57.3 Å². The maximum atomic E-state index is 13.3. The number of rotatable bonds is 5. The van der Waals surface area contributed by atoms with Gasteiger partial charge in [0.2, 0.25) is 11.8 Å². The molecule has 2 fully saturated rings. The van der Waals surface area contributed by atoms with E-state index in [-0.39, 0.29) is 24.3 Å². The van der Waals surface area contributed by atoms with Gasteiger partial charge in [0.1, 0.15) is 12.6 Å². The Balaban J connectivity index is 1.43. The fraction of sp³-hybridized carbons (Fsp3) is 0.609. The van der Waals surface area contributed by atoms with Gasteiger partial charge >= 0.3 is 0 Å². The molecule has 1 aromatic carbocycles. The van der Waals surface area contributed by atoms with Crippen LogP contribution in [0.5, 0.6) is 0 Å². The highest BCUT2D eigenvalue weighted by Gasteiger charge is 2.40. The van der Waals surface area contributed by atoms with Crippen molar-refractivity contribution in [2.24, 2.45) is 0 Å². The first-order valence-electron chi connectivity index (χ1n) is 11.4. The van der Waals surface area contributed by atoms with Crippen molar-refractivity contribution >= 4 is 23.4 Å². The minimum atomic E-state index is -0.469. The lowest BCUT2D eigenvalue weighted by Crippen LogP contribution is -2.52. The summed E-state index contributed by atoms with van der Waals surface area (Å²) in [6, 6.07) is 6.68. The number of carbonyl (C=O) groups is 3. The zero-order chi connectivity index (χ0) is 20.9. The van der Waals surface area contributed by atoms with Crippen molar-refractivity contribution in [2.75, 3.05) is 44.2 Å². The molecule has 0 bridgehead atoms. The van der Waals surface area contributed by atoms with Crippen LogP contribution in [0, 0.1) is 0 Å². The number of carbonyl (C=O) groups excluding carboxylic acids is 3. The third-order valence-electron chi connectivity index (χ3n) is 6.49. The Morgan fingerprint density at radius 2 is 1.70 bits per heavy atom. The molecule has 3 heterocycles. The summed E-state index contributed by atoms with van der Waals surface area (Å²) in [5.41, 5.74) is 1.05. The second-order valence-corrected chi connectivity index (χ2v) is 8.56. The number of anilines is 1. The average Bonchev–Trinajstić information content (AvgIpc) is 3.08. The van der Waals surface area contributed by atoms with Crippen LogP contribution in [0.25, 0.3) is 0 Å². The molecule has 4 rings (SSSR count). The van der Waals surface area contributed by atoms with Crippen molar-refractivity contribution < 1.29 is 14.4 Å². The number of hydrogen-bond donors (Lipinski definition) is 1. The van der Waals surface area contributed by atoms with Gasteiger partial charge in [0, 0.05) is 19.6 Å². The summed E-state index contributed by atoms with van der Waals surface area (Å²) in [7, 11) is 0. The summed E-state index contributed by atoms with van der Waals surface area (Å²) in [5, 5.41) is 2.98. The lowest BCUT2D eigenvalue weighted by atomic mass is 10.0. The van der Waals surface area contributed by atoms with Crippen molar-refractivity contribution in [1.29, 1.82) is 0 Å². The quantitative estimate of drug-likeness (QED) is 0.803. The first-order chi connectivity index (χ1) is 14.6. The van der Waals surface area contributed by atoms with Gasteiger partial charge in [0.15, 0.2) is 0 Å². The molecule has 0 spiro atoms. The molecule has 1 unspecified atom stereocenters. The molecule has 0 aliphatic carbocycles. The van der Waals surface area contributed by atoms with Gasteiger partial charge < -0.3 is 20.0 Å². The molecule has 1 N–H and O–H groups in total. The van der Waals surface area contributed by atoms with Crippen LogP contribution in [-0.2, 0) is 9.59 Å². The van der Waals surface area contributed by atoms with Crippen LogP contribution in [0.2, 0.25) is 0 Å². The van der Waals surface area contributed by atoms with Gasteiger partial charge in [-0.2, -0.15) is 0 Å². The smallest absolute Gasteiger partial charge is 0.256 e. The van der Waals surface area contributed by atoms with E-state index in [1.165, 1.54) is 30.6 Å².